The summed E-state index contributed by atoms with van der Waals surface area (Å²) < 4.78 is 38.6. The topological polar surface area (TPSA) is 41.1 Å². The van der Waals surface area contributed by atoms with Gasteiger partial charge in [0.1, 0.15) is 0 Å². The van der Waals surface area contributed by atoms with Crippen molar-refractivity contribution < 1.29 is 18.0 Å². The molecule has 0 aromatic heterocycles. The van der Waals surface area contributed by atoms with Gasteiger partial charge >= 0.3 is 6.18 Å². The number of alkyl halides is 3. The summed E-state index contributed by atoms with van der Waals surface area (Å²) in [7, 11) is 0. The fourth-order valence-electron chi connectivity index (χ4n) is 2.10. The van der Waals surface area contributed by atoms with Crippen LogP contribution in [0.4, 0.5) is 18.9 Å². The van der Waals surface area contributed by atoms with Crippen LogP contribution in [-0.4, -0.2) is 5.91 Å². The van der Waals surface area contributed by atoms with Gasteiger partial charge in [0.25, 0.3) is 5.91 Å². The Morgan fingerprint density at radius 1 is 1.05 bits per heavy atom. The minimum absolute atomic E-state index is 0.201. The highest BCUT2D eigenvalue weighted by molar-refractivity contribution is 5.96. The standard InChI is InChI=1S/C16H15F3N2O/c1-10-7-8-12(11(2)9-10)15(22)21-20-14-6-4-3-5-13(14)16(17,18)19/h3-9,20H,1-2H3,(H,21,22). The number of hydrogen-bond acceptors (Lipinski definition) is 2. The van der Waals surface area contributed by atoms with E-state index in [1.54, 1.807) is 19.1 Å². The molecule has 2 aromatic rings. The van der Waals surface area contributed by atoms with Crippen molar-refractivity contribution >= 4 is 11.6 Å². The molecule has 0 radical (unpaired) electrons. The van der Waals surface area contributed by atoms with E-state index in [0.717, 1.165) is 17.2 Å². The summed E-state index contributed by atoms with van der Waals surface area (Å²) >= 11 is 0. The van der Waals surface area contributed by atoms with E-state index < -0.39 is 17.6 Å². The minimum Gasteiger partial charge on any atom is -0.298 e. The quantitative estimate of drug-likeness (QED) is 0.839. The van der Waals surface area contributed by atoms with Crippen LogP contribution in [0.2, 0.25) is 0 Å². The van der Waals surface area contributed by atoms with Crippen LogP contribution in [0.5, 0.6) is 0 Å². The normalized spacial score (nSPS) is 11.1. The Balaban J connectivity index is 2.15. The van der Waals surface area contributed by atoms with E-state index in [4.69, 9.17) is 0 Å². The number of hydrogen-bond donors (Lipinski definition) is 2. The molecular weight excluding hydrogens is 293 g/mol. The van der Waals surface area contributed by atoms with Gasteiger partial charge in [-0.3, -0.25) is 15.6 Å². The Morgan fingerprint density at radius 3 is 2.36 bits per heavy atom. The van der Waals surface area contributed by atoms with Crippen molar-refractivity contribution in [2.45, 2.75) is 20.0 Å². The summed E-state index contributed by atoms with van der Waals surface area (Å²) in [5.41, 5.74) is 5.76. The fraction of sp³-hybridized carbons (Fsp3) is 0.188. The maximum Gasteiger partial charge on any atom is 0.418 e. The number of para-hydroxylation sites is 1. The van der Waals surface area contributed by atoms with Gasteiger partial charge in [0.05, 0.1) is 11.3 Å². The third kappa shape index (κ3) is 3.58. The third-order valence-electron chi connectivity index (χ3n) is 3.17. The molecule has 116 valence electrons. The first-order chi connectivity index (χ1) is 10.3. The molecule has 0 saturated carbocycles. The molecule has 0 unspecified atom stereocenters. The maximum atomic E-state index is 12.9. The molecule has 3 nitrogen and oxygen atoms in total. The molecule has 2 aromatic carbocycles. The molecule has 22 heavy (non-hydrogen) atoms. The second-order valence-electron chi connectivity index (χ2n) is 4.94. The van der Waals surface area contributed by atoms with Crippen LogP contribution >= 0.6 is 0 Å². The first-order valence-corrected chi connectivity index (χ1v) is 6.59. The molecule has 0 aliphatic rings. The van der Waals surface area contributed by atoms with E-state index in [2.05, 4.69) is 10.9 Å². The summed E-state index contributed by atoms with van der Waals surface area (Å²) in [5.74, 6) is -0.491. The minimum atomic E-state index is -4.49. The predicted octanol–water partition coefficient (Wildman–Crippen LogP) is 4.08. The van der Waals surface area contributed by atoms with Crippen molar-refractivity contribution in [2.75, 3.05) is 5.43 Å². The smallest absolute Gasteiger partial charge is 0.298 e. The Hall–Kier alpha value is -2.50. The highest BCUT2D eigenvalue weighted by Gasteiger charge is 2.33. The molecule has 0 heterocycles. The van der Waals surface area contributed by atoms with Crippen molar-refractivity contribution in [3.8, 4) is 0 Å². The van der Waals surface area contributed by atoms with Crippen molar-refractivity contribution in [1.82, 2.24) is 5.43 Å². The number of rotatable bonds is 3. The number of amides is 1. The van der Waals surface area contributed by atoms with E-state index >= 15 is 0 Å². The van der Waals surface area contributed by atoms with Crippen LogP contribution in [-0.2, 0) is 6.18 Å². The SMILES string of the molecule is Cc1ccc(C(=O)NNc2ccccc2C(F)(F)F)c(C)c1. The van der Waals surface area contributed by atoms with Gasteiger partial charge in [0.15, 0.2) is 0 Å². The lowest BCUT2D eigenvalue weighted by Gasteiger charge is -2.15. The molecule has 0 bridgehead atoms. The lowest BCUT2D eigenvalue weighted by Crippen LogP contribution is -2.31. The largest absolute Gasteiger partial charge is 0.418 e. The molecule has 6 heteroatoms. The lowest BCUT2D eigenvalue weighted by atomic mass is 10.1. The zero-order valence-electron chi connectivity index (χ0n) is 12.1. The van der Waals surface area contributed by atoms with E-state index in [-0.39, 0.29) is 5.69 Å². The summed E-state index contributed by atoms with van der Waals surface area (Å²) in [6.45, 7) is 3.66. The summed E-state index contributed by atoms with van der Waals surface area (Å²) in [5, 5.41) is 0. The van der Waals surface area contributed by atoms with Crippen molar-refractivity contribution in [3.05, 3.63) is 64.7 Å². The van der Waals surface area contributed by atoms with E-state index in [1.165, 1.54) is 18.2 Å². The van der Waals surface area contributed by atoms with Gasteiger partial charge in [-0.05, 0) is 37.6 Å². The molecular formula is C16H15F3N2O. The number of nitrogens with one attached hydrogen (secondary N) is 2. The Kier molecular flexibility index (Phi) is 4.40. The van der Waals surface area contributed by atoms with Crippen LogP contribution in [0.3, 0.4) is 0 Å². The number of benzene rings is 2. The number of aryl methyl sites for hydroxylation is 2. The first-order valence-electron chi connectivity index (χ1n) is 6.59. The average molecular weight is 308 g/mol. The first kappa shape index (κ1) is 15.9. The van der Waals surface area contributed by atoms with Crippen LogP contribution in [0.15, 0.2) is 42.5 Å². The summed E-state index contributed by atoms with van der Waals surface area (Å²) in [4.78, 5) is 12.1. The van der Waals surface area contributed by atoms with Gasteiger partial charge in [0.2, 0.25) is 0 Å². The molecule has 0 aliphatic heterocycles. The zero-order valence-corrected chi connectivity index (χ0v) is 12.1. The number of carbonyl (C=O) groups excluding carboxylic acids is 1. The second kappa shape index (κ2) is 6.09. The molecule has 0 fully saturated rings. The van der Waals surface area contributed by atoms with Crippen molar-refractivity contribution in [3.63, 3.8) is 0 Å². The zero-order chi connectivity index (χ0) is 16.3. The van der Waals surface area contributed by atoms with E-state index in [9.17, 15) is 18.0 Å². The van der Waals surface area contributed by atoms with Crippen LogP contribution < -0.4 is 10.9 Å². The van der Waals surface area contributed by atoms with Gasteiger partial charge in [0, 0.05) is 5.56 Å². The monoisotopic (exact) mass is 308 g/mol. The second-order valence-corrected chi connectivity index (χ2v) is 4.94. The Bertz CT molecular complexity index is 696. The fourth-order valence-corrected chi connectivity index (χ4v) is 2.10. The Labute approximate surface area is 126 Å². The molecule has 0 spiro atoms. The number of hydrazine groups is 1. The molecule has 0 atom stereocenters. The predicted molar refractivity (Wildman–Crippen MR) is 78.4 cm³/mol. The van der Waals surface area contributed by atoms with E-state index in [1.807, 2.05) is 13.0 Å². The van der Waals surface area contributed by atoms with Gasteiger partial charge in [-0.1, -0.05) is 29.8 Å². The van der Waals surface area contributed by atoms with Crippen LogP contribution in [0.25, 0.3) is 0 Å². The molecule has 0 saturated heterocycles. The number of anilines is 1. The van der Waals surface area contributed by atoms with Gasteiger partial charge < -0.3 is 0 Å². The third-order valence-corrected chi connectivity index (χ3v) is 3.17. The highest BCUT2D eigenvalue weighted by Crippen LogP contribution is 2.34. The van der Waals surface area contributed by atoms with Crippen LogP contribution in [0.1, 0.15) is 27.0 Å². The van der Waals surface area contributed by atoms with Crippen molar-refractivity contribution in [2.24, 2.45) is 0 Å². The van der Waals surface area contributed by atoms with Crippen LogP contribution in [0, 0.1) is 13.8 Å². The molecule has 2 N–H and O–H groups in total. The molecule has 0 aliphatic carbocycles. The lowest BCUT2D eigenvalue weighted by molar-refractivity contribution is -0.137. The number of halogens is 3. The molecule has 1 amide bonds. The van der Waals surface area contributed by atoms with E-state index in [0.29, 0.717) is 5.56 Å². The molecule has 2 rings (SSSR count). The Morgan fingerprint density at radius 2 is 1.73 bits per heavy atom. The summed E-state index contributed by atoms with van der Waals surface area (Å²) in [6, 6.07) is 10.2. The van der Waals surface area contributed by atoms with Crippen molar-refractivity contribution in [1.29, 1.82) is 0 Å². The maximum absolute atomic E-state index is 12.9. The highest BCUT2D eigenvalue weighted by atomic mass is 19.4. The van der Waals surface area contributed by atoms with Gasteiger partial charge in [-0.2, -0.15) is 13.2 Å². The number of carbonyl (C=O) groups is 1. The van der Waals surface area contributed by atoms with Gasteiger partial charge in [-0.15, -0.1) is 0 Å². The average Bonchev–Trinajstić information content (AvgIpc) is 2.44. The summed E-state index contributed by atoms with van der Waals surface area (Å²) in [6.07, 6.45) is -4.49. The van der Waals surface area contributed by atoms with Gasteiger partial charge in [-0.25, -0.2) is 0 Å².